The lowest BCUT2D eigenvalue weighted by Crippen LogP contribution is -2.32. The van der Waals surface area contributed by atoms with Gasteiger partial charge in [0.05, 0.1) is 26.2 Å². The van der Waals surface area contributed by atoms with Crippen molar-refractivity contribution < 1.29 is 14.3 Å². The fraction of sp³-hybridized carbons (Fsp3) is 0.300. The van der Waals surface area contributed by atoms with Crippen molar-refractivity contribution in [1.82, 2.24) is 4.90 Å². The van der Waals surface area contributed by atoms with Gasteiger partial charge in [0.25, 0.3) is 0 Å². The Morgan fingerprint density at radius 1 is 0.917 bits per heavy atom. The van der Waals surface area contributed by atoms with E-state index in [0.717, 1.165) is 18.3 Å². The molecule has 0 saturated heterocycles. The van der Waals surface area contributed by atoms with Crippen LogP contribution in [0.3, 0.4) is 0 Å². The predicted octanol–water partition coefficient (Wildman–Crippen LogP) is 2.86. The average molecular weight is 325 g/mol. The predicted molar refractivity (Wildman–Crippen MR) is 93.5 cm³/mol. The van der Waals surface area contributed by atoms with Crippen molar-refractivity contribution in [2.45, 2.75) is 19.4 Å². The third-order valence-electron chi connectivity index (χ3n) is 3.70. The molecule has 0 fully saturated rings. The van der Waals surface area contributed by atoms with Crippen LogP contribution in [-0.2, 0) is 27.3 Å². The van der Waals surface area contributed by atoms with Gasteiger partial charge < -0.3 is 14.4 Å². The van der Waals surface area contributed by atoms with Crippen molar-refractivity contribution in [3.05, 3.63) is 71.8 Å². The van der Waals surface area contributed by atoms with E-state index in [1.165, 1.54) is 5.56 Å². The van der Waals surface area contributed by atoms with Crippen molar-refractivity contribution in [2.75, 3.05) is 19.8 Å². The highest BCUT2D eigenvalue weighted by atomic mass is 16.5. The van der Waals surface area contributed by atoms with Crippen molar-refractivity contribution in [3.63, 3.8) is 0 Å². The van der Waals surface area contributed by atoms with Crippen LogP contribution in [0.25, 0.3) is 0 Å². The highest BCUT2D eigenvalue weighted by Crippen LogP contribution is 2.06. The minimum atomic E-state index is -0.0642. The zero-order valence-electron chi connectivity index (χ0n) is 13.8. The molecule has 0 aromatic heterocycles. The van der Waals surface area contributed by atoms with Gasteiger partial charge in [-0.1, -0.05) is 60.7 Å². The molecule has 0 aliphatic heterocycles. The SMILES string of the molecule is O=CCN(Cc1ccccc1)C(=O)CCOCCc1ccccc1. The molecule has 1 amide bonds. The summed E-state index contributed by atoms with van der Waals surface area (Å²) in [6, 6.07) is 19.8. The van der Waals surface area contributed by atoms with Crippen LogP contribution in [0.4, 0.5) is 0 Å². The molecular formula is C20H23NO3. The molecule has 4 heteroatoms. The molecule has 0 saturated carbocycles. The monoisotopic (exact) mass is 325 g/mol. The topological polar surface area (TPSA) is 46.6 Å². The summed E-state index contributed by atoms with van der Waals surface area (Å²) in [5.41, 5.74) is 2.23. The third-order valence-corrected chi connectivity index (χ3v) is 3.70. The molecule has 4 nitrogen and oxygen atoms in total. The molecule has 2 rings (SSSR count). The Morgan fingerprint density at radius 2 is 1.54 bits per heavy atom. The van der Waals surface area contributed by atoms with E-state index >= 15 is 0 Å². The van der Waals surface area contributed by atoms with Gasteiger partial charge in [0.2, 0.25) is 5.91 Å². The molecule has 2 aromatic rings. The fourth-order valence-electron chi connectivity index (χ4n) is 2.40. The fourth-order valence-corrected chi connectivity index (χ4v) is 2.40. The van der Waals surface area contributed by atoms with Gasteiger partial charge in [0.1, 0.15) is 6.29 Å². The lowest BCUT2D eigenvalue weighted by Gasteiger charge is -2.20. The quantitative estimate of drug-likeness (QED) is 0.498. The molecule has 0 bridgehead atoms. The summed E-state index contributed by atoms with van der Waals surface area (Å²) in [6.07, 6.45) is 1.88. The van der Waals surface area contributed by atoms with E-state index in [4.69, 9.17) is 4.74 Å². The molecular weight excluding hydrogens is 302 g/mol. The highest BCUT2D eigenvalue weighted by molar-refractivity contribution is 5.78. The van der Waals surface area contributed by atoms with Crippen LogP contribution in [0.1, 0.15) is 17.5 Å². The van der Waals surface area contributed by atoms with Gasteiger partial charge in [-0.3, -0.25) is 4.79 Å². The lowest BCUT2D eigenvalue weighted by atomic mass is 10.2. The summed E-state index contributed by atoms with van der Waals surface area (Å²) >= 11 is 0. The highest BCUT2D eigenvalue weighted by Gasteiger charge is 2.13. The Morgan fingerprint density at radius 3 is 2.17 bits per heavy atom. The molecule has 0 aliphatic carbocycles. The zero-order chi connectivity index (χ0) is 17.0. The molecule has 0 aliphatic rings. The molecule has 0 atom stereocenters. The Bertz CT molecular complexity index is 613. The number of ether oxygens (including phenoxy) is 1. The molecule has 2 aromatic carbocycles. The summed E-state index contributed by atoms with van der Waals surface area (Å²) in [5, 5.41) is 0. The maximum atomic E-state index is 12.3. The van der Waals surface area contributed by atoms with Crippen LogP contribution in [-0.4, -0.2) is 36.9 Å². The van der Waals surface area contributed by atoms with E-state index in [1.54, 1.807) is 4.90 Å². The van der Waals surface area contributed by atoms with E-state index in [2.05, 4.69) is 12.1 Å². The summed E-state index contributed by atoms with van der Waals surface area (Å²) in [6.45, 7) is 1.51. The first-order valence-corrected chi connectivity index (χ1v) is 8.16. The van der Waals surface area contributed by atoms with Crippen molar-refractivity contribution in [1.29, 1.82) is 0 Å². The second kappa shape index (κ2) is 10.3. The number of amides is 1. The van der Waals surface area contributed by atoms with E-state index in [1.807, 2.05) is 48.5 Å². The lowest BCUT2D eigenvalue weighted by molar-refractivity contribution is -0.134. The number of carbonyl (C=O) groups is 2. The molecule has 0 radical (unpaired) electrons. The number of hydrogen-bond donors (Lipinski definition) is 0. The number of hydrogen-bond acceptors (Lipinski definition) is 3. The van der Waals surface area contributed by atoms with Crippen LogP contribution in [0, 0.1) is 0 Å². The molecule has 0 heterocycles. The van der Waals surface area contributed by atoms with Crippen LogP contribution in [0.5, 0.6) is 0 Å². The third kappa shape index (κ3) is 6.34. The zero-order valence-corrected chi connectivity index (χ0v) is 13.8. The Hall–Kier alpha value is -2.46. The van der Waals surface area contributed by atoms with Crippen LogP contribution >= 0.6 is 0 Å². The summed E-state index contributed by atoms with van der Waals surface area (Å²) in [7, 11) is 0. The summed E-state index contributed by atoms with van der Waals surface area (Å²) < 4.78 is 5.55. The smallest absolute Gasteiger partial charge is 0.225 e. The number of carbonyl (C=O) groups excluding carboxylic acids is 2. The summed E-state index contributed by atoms with van der Waals surface area (Å²) in [5.74, 6) is -0.0642. The van der Waals surface area contributed by atoms with E-state index in [9.17, 15) is 9.59 Å². The van der Waals surface area contributed by atoms with Gasteiger partial charge in [-0.05, 0) is 17.5 Å². The van der Waals surface area contributed by atoms with Crippen molar-refractivity contribution in [3.8, 4) is 0 Å². The minimum Gasteiger partial charge on any atom is -0.381 e. The number of benzene rings is 2. The molecule has 24 heavy (non-hydrogen) atoms. The molecule has 0 N–H and O–H groups in total. The van der Waals surface area contributed by atoms with Crippen LogP contribution < -0.4 is 0 Å². The normalized spacial score (nSPS) is 10.3. The van der Waals surface area contributed by atoms with Crippen molar-refractivity contribution in [2.24, 2.45) is 0 Å². The van der Waals surface area contributed by atoms with Gasteiger partial charge in [0.15, 0.2) is 0 Å². The molecule has 0 unspecified atom stereocenters. The first-order chi connectivity index (χ1) is 11.8. The molecule has 126 valence electrons. The van der Waals surface area contributed by atoms with Crippen LogP contribution in [0.2, 0.25) is 0 Å². The Balaban J connectivity index is 1.71. The average Bonchev–Trinajstić information content (AvgIpc) is 2.62. The first kappa shape index (κ1) is 17.9. The van der Waals surface area contributed by atoms with Crippen molar-refractivity contribution >= 4 is 12.2 Å². The first-order valence-electron chi connectivity index (χ1n) is 8.16. The number of aldehydes is 1. The number of rotatable bonds is 10. The largest absolute Gasteiger partial charge is 0.381 e. The maximum Gasteiger partial charge on any atom is 0.225 e. The number of nitrogens with zero attached hydrogens (tertiary/aromatic N) is 1. The van der Waals surface area contributed by atoms with E-state index in [-0.39, 0.29) is 18.9 Å². The molecule has 0 spiro atoms. The second-order valence-electron chi connectivity index (χ2n) is 5.52. The minimum absolute atomic E-state index is 0.0642. The van der Waals surface area contributed by atoms with E-state index < -0.39 is 0 Å². The maximum absolute atomic E-state index is 12.3. The standard InChI is InChI=1S/C20H23NO3/c22-14-13-21(17-19-9-5-2-6-10-19)20(23)12-16-24-15-11-18-7-3-1-4-8-18/h1-10,14H,11-13,15-17H2. The van der Waals surface area contributed by atoms with Gasteiger partial charge >= 0.3 is 0 Å². The van der Waals surface area contributed by atoms with Crippen LogP contribution in [0.15, 0.2) is 60.7 Å². The van der Waals surface area contributed by atoms with Gasteiger partial charge in [-0.15, -0.1) is 0 Å². The summed E-state index contributed by atoms with van der Waals surface area (Å²) in [4.78, 5) is 24.6. The Labute approximate surface area is 143 Å². The van der Waals surface area contributed by atoms with Gasteiger partial charge in [0, 0.05) is 6.54 Å². The second-order valence-corrected chi connectivity index (χ2v) is 5.52. The van der Waals surface area contributed by atoms with Gasteiger partial charge in [-0.25, -0.2) is 0 Å². The van der Waals surface area contributed by atoms with Gasteiger partial charge in [-0.2, -0.15) is 0 Å². The Kier molecular flexibility index (Phi) is 7.71. The van der Waals surface area contributed by atoms with E-state index in [0.29, 0.717) is 19.8 Å².